The SMILES string of the molecule is CN(C)[C@@H]1[C@@H](NC(=O)c2cn[nH]c2-c2ccccc2F)[C@H]2CCO[C@H]21. The van der Waals surface area contributed by atoms with E-state index in [0.717, 1.165) is 13.0 Å². The maximum absolute atomic E-state index is 14.1. The first-order chi connectivity index (χ1) is 12.1. The lowest BCUT2D eigenvalue weighted by atomic mass is 9.71. The van der Waals surface area contributed by atoms with Gasteiger partial charge in [-0.1, -0.05) is 12.1 Å². The number of aromatic nitrogens is 2. The van der Waals surface area contributed by atoms with Crippen LogP contribution in [-0.4, -0.2) is 59.9 Å². The molecule has 2 aliphatic rings. The van der Waals surface area contributed by atoms with E-state index in [4.69, 9.17) is 4.74 Å². The van der Waals surface area contributed by atoms with Crippen LogP contribution >= 0.6 is 0 Å². The number of carbonyl (C=O) groups is 1. The Labute approximate surface area is 145 Å². The number of aromatic amines is 1. The van der Waals surface area contributed by atoms with E-state index in [1.807, 2.05) is 14.1 Å². The van der Waals surface area contributed by atoms with Crippen LogP contribution in [0.25, 0.3) is 11.3 Å². The summed E-state index contributed by atoms with van der Waals surface area (Å²) in [6.07, 6.45) is 2.57. The van der Waals surface area contributed by atoms with Crippen LogP contribution in [0.5, 0.6) is 0 Å². The first kappa shape index (κ1) is 16.2. The number of nitrogens with zero attached hydrogens (tertiary/aromatic N) is 2. The topological polar surface area (TPSA) is 70.2 Å². The Bertz CT molecular complexity index is 791. The Hall–Kier alpha value is -2.25. The third kappa shape index (κ3) is 2.63. The fourth-order valence-electron chi connectivity index (χ4n) is 4.04. The van der Waals surface area contributed by atoms with E-state index in [1.54, 1.807) is 18.2 Å². The van der Waals surface area contributed by atoms with Crippen LogP contribution in [0.4, 0.5) is 4.39 Å². The molecular formula is C18H21FN4O2. The van der Waals surface area contributed by atoms with Gasteiger partial charge in [-0.15, -0.1) is 0 Å². The van der Waals surface area contributed by atoms with E-state index < -0.39 is 0 Å². The number of nitrogens with one attached hydrogen (secondary N) is 2. The van der Waals surface area contributed by atoms with E-state index in [9.17, 15) is 9.18 Å². The normalized spacial score (nSPS) is 27.8. The molecule has 1 aromatic carbocycles. The molecule has 7 heteroatoms. The number of benzene rings is 1. The van der Waals surface area contributed by atoms with E-state index >= 15 is 0 Å². The minimum atomic E-state index is -0.389. The lowest BCUT2D eigenvalue weighted by Crippen LogP contribution is -2.69. The highest BCUT2D eigenvalue weighted by Gasteiger charge is 2.55. The summed E-state index contributed by atoms with van der Waals surface area (Å²) in [7, 11) is 3.98. The standard InChI is InChI=1S/C18H21FN4O2/c1-23(2)16-15(11-7-8-25-17(11)16)21-18(24)12-9-20-22-14(12)10-5-3-4-6-13(10)19/h3-6,9,11,15-17H,7-8H2,1-2H3,(H,20,22)(H,21,24)/t11-,15+,16-,17-/m1/s1. The number of fused-ring (bicyclic) bond motifs is 1. The quantitative estimate of drug-likeness (QED) is 0.885. The maximum Gasteiger partial charge on any atom is 0.255 e. The molecule has 2 N–H and O–H groups in total. The van der Waals surface area contributed by atoms with Gasteiger partial charge in [0, 0.05) is 18.1 Å². The molecule has 25 heavy (non-hydrogen) atoms. The predicted molar refractivity (Wildman–Crippen MR) is 90.6 cm³/mol. The van der Waals surface area contributed by atoms with Crippen molar-refractivity contribution in [2.75, 3.05) is 20.7 Å². The number of H-pyrrole nitrogens is 1. The molecule has 1 aliphatic carbocycles. The molecule has 2 heterocycles. The molecule has 1 aromatic heterocycles. The van der Waals surface area contributed by atoms with Crippen LogP contribution in [0.3, 0.4) is 0 Å². The average molecular weight is 344 g/mol. The molecule has 1 aliphatic heterocycles. The molecule has 2 fully saturated rings. The zero-order valence-electron chi connectivity index (χ0n) is 14.2. The summed E-state index contributed by atoms with van der Waals surface area (Å²) in [5.41, 5.74) is 1.09. The van der Waals surface area contributed by atoms with Gasteiger partial charge in [-0.05, 0) is 32.6 Å². The lowest BCUT2D eigenvalue weighted by molar-refractivity contribution is -0.0664. The molecule has 4 rings (SSSR count). The second-order valence-corrected chi connectivity index (χ2v) is 6.88. The first-order valence-electron chi connectivity index (χ1n) is 8.45. The number of rotatable bonds is 4. The van der Waals surface area contributed by atoms with Crippen molar-refractivity contribution in [3.8, 4) is 11.3 Å². The summed E-state index contributed by atoms with van der Waals surface area (Å²) < 4.78 is 19.9. The van der Waals surface area contributed by atoms with E-state index in [0.29, 0.717) is 22.7 Å². The third-order valence-corrected chi connectivity index (χ3v) is 5.27. The molecule has 1 amide bonds. The summed E-state index contributed by atoms with van der Waals surface area (Å²) in [6, 6.07) is 6.53. The Balaban J connectivity index is 1.57. The number of hydrogen-bond acceptors (Lipinski definition) is 4. The number of amides is 1. The molecule has 2 aromatic rings. The molecule has 1 saturated carbocycles. The Morgan fingerprint density at radius 3 is 2.96 bits per heavy atom. The van der Waals surface area contributed by atoms with Gasteiger partial charge in [0.15, 0.2) is 0 Å². The van der Waals surface area contributed by atoms with Crippen molar-refractivity contribution in [3.05, 3.63) is 41.8 Å². The van der Waals surface area contributed by atoms with E-state index in [1.165, 1.54) is 12.3 Å². The molecule has 0 bridgehead atoms. The van der Waals surface area contributed by atoms with Crippen molar-refractivity contribution in [2.45, 2.75) is 24.6 Å². The molecule has 0 spiro atoms. The summed E-state index contributed by atoms with van der Waals surface area (Å²) in [5.74, 6) is -0.297. The van der Waals surface area contributed by atoms with Gasteiger partial charge in [-0.2, -0.15) is 5.10 Å². The summed E-state index contributed by atoms with van der Waals surface area (Å²) >= 11 is 0. The van der Waals surface area contributed by atoms with Crippen LogP contribution in [-0.2, 0) is 4.74 Å². The minimum absolute atomic E-state index is 0.0263. The summed E-state index contributed by atoms with van der Waals surface area (Å²) in [4.78, 5) is 14.9. The summed E-state index contributed by atoms with van der Waals surface area (Å²) in [6.45, 7) is 0.734. The van der Waals surface area contributed by atoms with Crippen molar-refractivity contribution in [1.82, 2.24) is 20.4 Å². The highest BCUT2D eigenvalue weighted by molar-refractivity contribution is 6.00. The van der Waals surface area contributed by atoms with Crippen molar-refractivity contribution in [2.24, 2.45) is 5.92 Å². The fraction of sp³-hybridized carbons (Fsp3) is 0.444. The van der Waals surface area contributed by atoms with Gasteiger partial charge >= 0.3 is 0 Å². The zero-order valence-corrected chi connectivity index (χ0v) is 14.2. The smallest absolute Gasteiger partial charge is 0.255 e. The van der Waals surface area contributed by atoms with Gasteiger partial charge in [0.05, 0.1) is 35.6 Å². The Kier molecular flexibility index (Phi) is 4.05. The van der Waals surface area contributed by atoms with Crippen LogP contribution in [0.2, 0.25) is 0 Å². The maximum atomic E-state index is 14.1. The molecule has 0 radical (unpaired) electrons. The number of likely N-dealkylation sites (N-methyl/N-ethyl adjacent to an activating group) is 1. The van der Waals surface area contributed by atoms with Gasteiger partial charge in [-0.3, -0.25) is 9.89 Å². The second kappa shape index (κ2) is 6.24. The molecule has 1 saturated heterocycles. The zero-order chi connectivity index (χ0) is 17.6. The van der Waals surface area contributed by atoms with Crippen molar-refractivity contribution in [3.63, 3.8) is 0 Å². The molecule has 0 unspecified atom stereocenters. The Morgan fingerprint density at radius 1 is 1.40 bits per heavy atom. The van der Waals surface area contributed by atoms with Crippen LogP contribution in [0.1, 0.15) is 16.8 Å². The highest BCUT2D eigenvalue weighted by Crippen LogP contribution is 2.41. The average Bonchev–Trinajstić information content (AvgIpc) is 3.20. The number of ether oxygens (including phenoxy) is 1. The largest absolute Gasteiger partial charge is 0.376 e. The highest BCUT2D eigenvalue weighted by atomic mass is 19.1. The van der Waals surface area contributed by atoms with Crippen molar-refractivity contribution < 1.29 is 13.9 Å². The van der Waals surface area contributed by atoms with Gasteiger partial charge in [0.2, 0.25) is 0 Å². The van der Waals surface area contributed by atoms with E-state index in [-0.39, 0.29) is 29.9 Å². The first-order valence-corrected chi connectivity index (χ1v) is 8.45. The van der Waals surface area contributed by atoms with Crippen LogP contribution < -0.4 is 5.32 Å². The van der Waals surface area contributed by atoms with Gasteiger partial charge in [0.25, 0.3) is 5.91 Å². The second-order valence-electron chi connectivity index (χ2n) is 6.88. The predicted octanol–water partition coefficient (Wildman–Crippen LogP) is 1.66. The fourth-order valence-corrected chi connectivity index (χ4v) is 4.04. The van der Waals surface area contributed by atoms with Crippen LogP contribution in [0.15, 0.2) is 30.5 Å². The van der Waals surface area contributed by atoms with Crippen molar-refractivity contribution >= 4 is 5.91 Å². The number of hydrogen-bond donors (Lipinski definition) is 2. The van der Waals surface area contributed by atoms with Gasteiger partial charge in [-0.25, -0.2) is 4.39 Å². The van der Waals surface area contributed by atoms with E-state index in [2.05, 4.69) is 20.4 Å². The van der Waals surface area contributed by atoms with Crippen LogP contribution in [0, 0.1) is 11.7 Å². The van der Waals surface area contributed by atoms with Gasteiger partial charge in [0.1, 0.15) is 5.82 Å². The lowest BCUT2D eigenvalue weighted by Gasteiger charge is -2.50. The molecule has 132 valence electrons. The number of carbonyl (C=O) groups excluding carboxylic acids is 1. The molecular weight excluding hydrogens is 323 g/mol. The number of halogens is 1. The van der Waals surface area contributed by atoms with Gasteiger partial charge < -0.3 is 15.0 Å². The molecule has 6 nitrogen and oxygen atoms in total. The minimum Gasteiger partial charge on any atom is -0.376 e. The Morgan fingerprint density at radius 2 is 2.20 bits per heavy atom. The molecule has 4 atom stereocenters. The third-order valence-electron chi connectivity index (χ3n) is 5.27. The monoisotopic (exact) mass is 344 g/mol. The summed E-state index contributed by atoms with van der Waals surface area (Å²) in [5, 5.41) is 9.80. The van der Waals surface area contributed by atoms with Crippen molar-refractivity contribution in [1.29, 1.82) is 0 Å².